The highest BCUT2D eigenvalue weighted by atomic mass is 16.6. The molecule has 2 heterocycles. The van der Waals surface area contributed by atoms with Gasteiger partial charge in [0.1, 0.15) is 0 Å². The van der Waals surface area contributed by atoms with Crippen molar-refractivity contribution in [1.29, 1.82) is 0 Å². The van der Waals surface area contributed by atoms with Crippen LogP contribution in [0.25, 0.3) is 0 Å². The number of H-pyrrole nitrogens is 1. The summed E-state index contributed by atoms with van der Waals surface area (Å²) in [4.78, 5) is 13.9. The van der Waals surface area contributed by atoms with E-state index in [1.807, 2.05) is 6.92 Å². The Kier molecular flexibility index (Phi) is 2.77. The first-order chi connectivity index (χ1) is 8.09. The van der Waals surface area contributed by atoms with E-state index in [2.05, 4.69) is 20.5 Å². The van der Waals surface area contributed by atoms with Crippen LogP contribution in [0.15, 0.2) is 12.5 Å². The smallest absolute Gasteiger partial charge is 0.360 e. The molecule has 0 fully saturated rings. The van der Waals surface area contributed by atoms with E-state index in [-0.39, 0.29) is 5.82 Å². The molecule has 2 aromatic rings. The summed E-state index contributed by atoms with van der Waals surface area (Å²) >= 11 is 0. The van der Waals surface area contributed by atoms with Gasteiger partial charge in [-0.15, -0.1) is 0 Å². The molecule has 8 heteroatoms. The van der Waals surface area contributed by atoms with E-state index in [0.717, 1.165) is 11.3 Å². The molecule has 0 unspecified atom stereocenters. The molecule has 0 amide bonds. The predicted octanol–water partition coefficient (Wildman–Crippen LogP) is 0.972. The number of hydrogen-bond donors (Lipinski definition) is 2. The first kappa shape index (κ1) is 11.1. The highest BCUT2D eigenvalue weighted by molar-refractivity contribution is 5.52. The van der Waals surface area contributed by atoms with E-state index in [0.29, 0.717) is 12.4 Å². The van der Waals surface area contributed by atoms with Crippen LogP contribution < -0.4 is 5.32 Å². The molecule has 2 N–H and O–H groups in total. The number of imidazole rings is 1. The summed E-state index contributed by atoms with van der Waals surface area (Å²) in [5.41, 5.74) is 1.89. The summed E-state index contributed by atoms with van der Waals surface area (Å²) < 4.78 is 1.58. The Balaban J connectivity index is 2.16. The first-order valence-electron chi connectivity index (χ1n) is 4.98. The van der Waals surface area contributed by atoms with E-state index >= 15 is 0 Å². The number of anilines is 1. The van der Waals surface area contributed by atoms with Crippen molar-refractivity contribution in [3.05, 3.63) is 33.9 Å². The number of aromatic nitrogens is 4. The monoisotopic (exact) mass is 236 g/mol. The number of rotatable bonds is 4. The van der Waals surface area contributed by atoms with Gasteiger partial charge < -0.3 is 15.4 Å². The SMILES string of the molecule is Cc1[nH]ncc1CNc1c([N+](=O)[O-])ncn1C. The third-order valence-corrected chi connectivity index (χ3v) is 2.47. The zero-order valence-corrected chi connectivity index (χ0v) is 9.47. The number of nitrogens with one attached hydrogen (secondary N) is 2. The topological polar surface area (TPSA) is 102 Å². The van der Waals surface area contributed by atoms with Crippen molar-refractivity contribution >= 4 is 11.6 Å². The van der Waals surface area contributed by atoms with Gasteiger partial charge in [0.2, 0.25) is 12.1 Å². The molecule has 90 valence electrons. The molecule has 0 radical (unpaired) electrons. The quantitative estimate of drug-likeness (QED) is 0.608. The van der Waals surface area contributed by atoms with E-state index in [1.54, 1.807) is 17.8 Å². The zero-order valence-electron chi connectivity index (χ0n) is 9.47. The summed E-state index contributed by atoms with van der Waals surface area (Å²) in [7, 11) is 1.70. The van der Waals surface area contributed by atoms with Crippen LogP contribution >= 0.6 is 0 Å². The van der Waals surface area contributed by atoms with Gasteiger partial charge in [0, 0.05) is 24.8 Å². The number of nitro groups is 1. The molecule has 0 bridgehead atoms. The molecular weight excluding hydrogens is 224 g/mol. The lowest BCUT2D eigenvalue weighted by atomic mass is 10.2. The van der Waals surface area contributed by atoms with Crippen molar-refractivity contribution in [2.24, 2.45) is 7.05 Å². The highest BCUT2D eigenvalue weighted by Gasteiger charge is 2.19. The molecule has 0 aromatic carbocycles. The second-order valence-corrected chi connectivity index (χ2v) is 3.66. The molecule has 0 spiro atoms. The van der Waals surface area contributed by atoms with Gasteiger partial charge in [0.05, 0.1) is 6.20 Å². The van der Waals surface area contributed by atoms with Crippen molar-refractivity contribution in [2.45, 2.75) is 13.5 Å². The highest BCUT2D eigenvalue weighted by Crippen LogP contribution is 2.21. The predicted molar refractivity (Wildman–Crippen MR) is 60.5 cm³/mol. The van der Waals surface area contributed by atoms with Crippen molar-refractivity contribution in [2.75, 3.05) is 5.32 Å². The summed E-state index contributed by atoms with van der Waals surface area (Å²) in [5.74, 6) is 0.212. The lowest BCUT2D eigenvalue weighted by Crippen LogP contribution is -2.06. The lowest BCUT2D eigenvalue weighted by molar-refractivity contribution is -0.388. The maximum atomic E-state index is 10.7. The Bertz CT molecular complexity index is 543. The Morgan fingerprint density at radius 3 is 3.00 bits per heavy atom. The second kappa shape index (κ2) is 4.24. The van der Waals surface area contributed by atoms with Crippen LogP contribution in [0, 0.1) is 17.0 Å². The molecule has 0 saturated heterocycles. The largest absolute Gasteiger partial charge is 0.406 e. The maximum Gasteiger partial charge on any atom is 0.406 e. The van der Waals surface area contributed by atoms with Gasteiger partial charge in [-0.2, -0.15) is 5.10 Å². The fraction of sp³-hybridized carbons (Fsp3) is 0.333. The number of aromatic amines is 1. The standard InChI is InChI=1S/C9H12N6O2/c1-6-7(4-12-13-6)3-10-8-9(15(16)17)11-5-14(8)2/h4-5,10H,3H2,1-2H3,(H,12,13). The molecule has 2 rings (SSSR count). The maximum absolute atomic E-state index is 10.7. The van der Waals surface area contributed by atoms with Crippen molar-refractivity contribution in [3.8, 4) is 0 Å². The van der Waals surface area contributed by atoms with Gasteiger partial charge in [-0.1, -0.05) is 0 Å². The summed E-state index contributed by atoms with van der Waals surface area (Å²) in [6.45, 7) is 2.35. The Morgan fingerprint density at radius 2 is 2.41 bits per heavy atom. The minimum Gasteiger partial charge on any atom is -0.360 e. The van der Waals surface area contributed by atoms with Gasteiger partial charge in [-0.25, -0.2) is 0 Å². The van der Waals surface area contributed by atoms with Gasteiger partial charge in [-0.05, 0) is 16.8 Å². The average Bonchev–Trinajstić information content (AvgIpc) is 2.82. The van der Waals surface area contributed by atoms with Crippen LogP contribution in [0.4, 0.5) is 11.6 Å². The number of aryl methyl sites for hydroxylation is 2. The summed E-state index contributed by atoms with van der Waals surface area (Å²) in [5, 5.41) is 20.4. The van der Waals surface area contributed by atoms with E-state index in [4.69, 9.17) is 0 Å². The Morgan fingerprint density at radius 1 is 1.65 bits per heavy atom. The molecule has 0 atom stereocenters. The van der Waals surface area contributed by atoms with Crippen LogP contribution in [0.5, 0.6) is 0 Å². The number of nitrogens with zero attached hydrogens (tertiary/aromatic N) is 4. The summed E-state index contributed by atoms with van der Waals surface area (Å²) in [6, 6.07) is 0. The lowest BCUT2D eigenvalue weighted by Gasteiger charge is -2.05. The third kappa shape index (κ3) is 2.10. The molecule has 8 nitrogen and oxygen atoms in total. The van der Waals surface area contributed by atoms with Gasteiger partial charge in [-0.3, -0.25) is 9.67 Å². The molecule has 0 aliphatic rings. The Hall–Kier alpha value is -2.38. The fourth-order valence-corrected chi connectivity index (χ4v) is 1.49. The van der Waals surface area contributed by atoms with Gasteiger partial charge in [0.25, 0.3) is 0 Å². The molecule has 0 aliphatic carbocycles. The van der Waals surface area contributed by atoms with Crippen LogP contribution in [0.2, 0.25) is 0 Å². The van der Waals surface area contributed by atoms with Crippen molar-refractivity contribution < 1.29 is 4.92 Å². The minimum absolute atomic E-state index is 0.173. The van der Waals surface area contributed by atoms with Crippen LogP contribution in [-0.4, -0.2) is 24.7 Å². The molecule has 0 aliphatic heterocycles. The zero-order chi connectivity index (χ0) is 12.4. The Labute approximate surface area is 96.8 Å². The fourth-order valence-electron chi connectivity index (χ4n) is 1.49. The van der Waals surface area contributed by atoms with Gasteiger partial charge >= 0.3 is 5.82 Å². The minimum atomic E-state index is -0.509. The van der Waals surface area contributed by atoms with E-state index in [9.17, 15) is 10.1 Å². The second-order valence-electron chi connectivity index (χ2n) is 3.66. The third-order valence-electron chi connectivity index (χ3n) is 2.47. The van der Waals surface area contributed by atoms with Crippen molar-refractivity contribution in [3.63, 3.8) is 0 Å². The van der Waals surface area contributed by atoms with Crippen LogP contribution in [0.3, 0.4) is 0 Å². The van der Waals surface area contributed by atoms with Gasteiger partial charge in [0.15, 0.2) is 0 Å². The van der Waals surface area contributed by atoms with E-state index in [1.165, 1.54) is 6.33 Å². The molecule has 0 saturated carbocycles. The normalized spacial score (nSPS) is 10.5. The first-order valence-corrected chi connectivity index (χ1v) is 4.98. The van der Waals surface area contributed by atoms with Crippen LogP contribution in [0.1, 0.15) is 11.3 Å². The van der Waals surface area contributed by atoms with Crippen LogP contribution in [-0.2, 0) is 13.6 Å². The van der Waals surface area contributed by atoms with Crippen molar-refractivity contribution in [1.82, 2.24) is 19.7 Å². The average molecular weight is 236 g/mol. The molecule has 17 heavy (non-hydrogen) atoms. The molecule has 2 aromatic heterocycles. The molecular formula is C9H12N6O2. The summed E-state index contributed by atoms with van der Waals surface area (Å²) in [6.07, 6.45) is 3.09. The number of hydrogen-bond acceptors (Lipinski definition) is 5. The van der Waals surface area contributed by atoms with E-state index < -0.39 is 4.92 Å².